The Hall–Kier alpha value is -5.18. The molecule has 0 spiro atoms. The van der Waals surface area contributed by atoms with Gasteiger partial charge < -0.3 is 23.7 Å². The van der Waals surface area contributed by atoms with Gasteiger partial charge >= 0.3 is 17.9 Å². The maximum atomic E-state index is 12.8. The van der Waals surface area contributed by atoms with Crippen molar-refractivity contribution in [1.29, 1.82) is 0 Å². The molecule has 0 aliphatic heterocycles. The van der Waals surface area contributed by atoms with Crippen molar-refractivity contribution >= 4 is 29.8 Å². The highest BCUT2D eigenvalue weighted by Crippen LogP contribution is 2.29. The van der Waals surface area contributed by atoms with Crippen LogP contribution in [0.5, 0.6) is 17.2 Å². The number of aryl methyl sites for hydroxylation is 2. The molecule has 3 aromatic rings. The van der Waals surface area contributed by atoms with Gasteiger partial charge in [-0.3, -0.25) is 4.99 Å². The number of hydrogen-bond donors (Lipinski definition) is 0. The quantitative estimate of drug-likeness (QED) is 0.0494. The van der Waals surface area contributed by atoms with Gasteiger partial charge in [-0.25, -0.2) is 14.4 Å². The normalized spacial score (nSPS) is 10.6. The molecule has 0 saturated heterocycles. The molecule has 0 N–H and O–H groups in total. The van der Waals surface area contributed by atoms with Crippen LogP contribution >= 0.6 is 0 Å². The number of unbranched alkanes of at least 4 members (excludes halogenated alkanes) is 2. The van der Waals surface area contributed by atoms with E-state index in [1.165, 1.54) is 0 Å². The average molecular weight is 614 g/mol. The van der Waals surface area contributed by atoms with Crippen LogP contribution in [0.3, 0.4) is 0 Å². The lowest BCUT2D eigenvalue weighted by Gasteiger charge is -2.11. The molecule has 0 aromatic heterocycles. The van der Waals surface area contributed by atoms with E-state index in [-0.39, 0.29) is 0 Å². The number of hydrogen-bond acceptors (Lipinski definition) is 9. The van der Waals surface area contributed by atoms with Crippen LogP contribution < -0.4 is 14.2 Å². The molecule has 0 atom stereocenters. The van der Waals surface area contributed by atoms with Gasteiger partial charge in [-0.1, -0.05) is 13.2 Å². The molecule has 0 saturated carbocycles. The van der Waals surface area contributed by atoms with Gasteiger partial charge in [-0.2, -0.15) is 0 Å². The fourth-order valence-corrected chi connectivity index (χ4v) is 3.92. The van der Waals surface area contributed by atoms with E-state index in [4.69, 9.17) is 23.7 Å². The Morgan fingerprint density at radius 3 is 1.73 bits per heavy atom. The molecule has 0 amide bonds. The lowest BCUT2D eigenvalue weighted by molar-refractivity contribution is -0.138. The largest absolute Gasteiger partial charge is 0.494 e. The van der Waals surface area contributed by atoms with Crippen LogP contribution in [-0.4, -0.2) is 50.6 Å². The second-order valence-corrected chi connectivity index (χ2v) is 10.00. The van der Waals surface area contributed by atoms with Crippen LogP contribution in [0.15, 0.2) is 91.0 Å². The first-order valence-corrected chi connectivity index (χ1v) is 14.7. The summed E-state index contributed by atoms with van der Waals surface area (Å²) in [6.45, 7) is 12.1. The summed E-state index contributed by atoms with van der Waals surface area (Å²) in [4.78, 5) is 39.5. The smallest absolute Gasteiger partial charge is 0.343 e. The summed E-state index contributed by atoms with van der Waals surface area (Å²) in [6.07, 6.45) is 6.92. The lowest BCUT2D eigenvalue weighted by Crippen LogP contribution is -2.09. The van der Waals surface area contributed by atoms with Gasteiger partial charge in [0.2, 0.25) is 0 Å². The molecule has 0 radical (unpaired) electrons. The Balaban J connectivity index is 1.46. The molecule has 3 aromatic carbocycles. The molecular formula is C36H39NO8. The van der Waals surface area contributed by atoms with E-state index < -0.39 is 17.9 Å². The maximum Gasteiger partial charge on any atom is 0.343 e. The Kier molecular flexibility index (Phi) is 14.1. The Morgan fingerprint density at radius 2 is 1.20 bits per heavy atom. The summed E-state index contributed by atoms with van der Waals surface area (Å²) < 4.78 is 27.0. The molecule has 0 aliphatic rings. The minimum absolute atomic E-state index is 0.316. The van der Waals surface area contributed by atoms with E-state index in [1.54, 1.807) is 36.5 Å². The standard InChI is InChI=1S/C36H39NO8/c1-5-34(38)43-21-9-7-19-41-30-15-11-28(12-16-30)25-37-32-23-27(4)33(24-26(32)3)45-36(40)29-13-17-31(18-14-29)42-20-8-10-22-44-35(39)6-2/h5-6,11-18,23-25H,1-2,7-10,19-22H2,3-4H3. The third-order valence-corrected chi connectivity index (χ3v) is 6.46. The molecule has 0 heterocycles. The van der Waals surface area contributed by atoms with Crippen molar-refractivity contribution in [3.05, 3.63) is 108 Å². The van der Waals surface area contributed by atoms with Gasteiger partial charge in [-0.15, -0.1) is 0 Å². The van der Waals surface area contributed by atoms with Gasteiger partial charge in [0.25, 0.3) is 0 Å². The predicted octanol–water partition coefficient (Wildman–Crippen LogP) is 7.05. The van der Waals surface area contributed by atoms with Crippen LogP contribution in [0.25, 0.3) is 0 Å². The summed E-state index contributed by atoms with van der Waals surface area (Å²) in [5.41, 5.74) is 3.72. The molecule has 45 heavy (non-hydrogen) atoms. The Labute approximate surface area is 264 Å². The number of esters is 3. The van der Waals surface area contributed by atoms with Gasteiger partial charge in [-0.05, 0) is 117 Å². The van der Waals surface area contributed by atoms with E-state index in [0.29, 0.717) is 62.8 Å². The molecule has 9 nitrogen and oxygen atoms in total. The topological polar surface area (TPSA) is 110 Å². The summed E-state index contributed by atoms with van der Waals surface area (Å²) in [5, 5.41) is 0. The molecule has 9 heteroatoms. The summed E-state index contributed by atoms with van der Waals surface area (Å²) in [7, 11) is 0. The van der Waals surface area contributed by atoms with Gasteiger partial charge in [0.05, 0.1) is 37.7 Å². The van der Waals surface area contributed by atoms with Crippen molar-refractivity contribution < 1.29 is 38.1 Å². The minimum Gasteiger partial charge on any atom is -0.494 e. The fraction of sp³-hybridized carbons (Fsp3) is 0.278. The number of carbonyl (C=O) groups excluding carboxylic acids is 3. The zero-order chi connectivity index (χ0) is 32.4. The number of benzene rings is 3. The highest BCUT2D eigenvalue weighted by atomic mass is 16.5. The summed E-state index contributed by atoms with van der Waals surface area (Å²) in [5.74, 6) is 0.522. The summed E-state index contributed by atoms with van der Waals surface area (Å²) in [6, 6.07) is 18.0. The van der Waals surface area contributed by atoms with Crippen LogP contribution in [0.4, 0.5) is 5.69 Å². The zero-order valence-corrected chi connectivity index (χ0v) is 25.8. The number of rotatable bonds is 18. The SMILES string of the molecule is C=CC(=O)OCCCCOc1ccc(C=Nc2cc(C)c(OC(=O)c3ccc(OCCCCOC(=O)C=C)cc3)cc2C)cc1. The lowest BCUT2D eigenvalue weighted by atomic mass is 10.1. The van der Waals surface area contributed by atoms with E-state index in [1.807, 2.05) is 44.2 Å². The zero-order valence-electron chi connectivity index (χ0n) is 25.8. The third-order valence-electron chi connectivity index (χ3n) is 6.46. The van der Waals surface area contributed by atoms with Crippen molar-refractivity contribution in [3.63, 3.8) is 0 Å². The number of aliphatic imine (C=N–C) groups is 1. The first-order chi connectivity index (χ1) is 21.8. The van der Waals surface area contributed by atoms with Crippen LogP contribution in [-0.2, 0) is 19.1 Å². The second kappa shape index (κ2) is 18.5. The molecule has 0 fully saturated rings. The van der Waals surface area contributed by atoms with Crippen LogP contribution in [0, 0.1) is 13.8 Å². The first kappa shape index (κ1) is 34.3. The molecule has 236 valence electrons. The number of nitrogens with zero attached hydrogens (tertiary/aromatic N) is 1. The highest BCUT2D eigenvalue weighted by Gasteiger charge is 2.13. The number of carbonyl (C=O) groups is 3. The predicted molar refractivity (Wildman–Crippen MR) is 173 cm³/mol. The van der Waals surface area contributed by atoms with E-state index in [2.05, 4.69) is 18.2 Å². The minimum atomic E-state index is -0.470. The van der Waals surface area contributed by atoms with Crippen LogP contribution in [0.2, 0.25) is 0 Å². The van der Waals surface area contributed by atoms with Crippen molar-refractivity contribution in [1.82, 2.24) is 0 Å². The van der Waals surface area contributed by atoms with Crippen molar-refractivity contribution in [2.24, 2.45) is 4.99 Å². The molecular weight excluding hydrogens is 574 g/mol. The monoisotopic (exact) mass is 613 g/mol. The highest BCUT2D eigenvalue weighted by molar-refractivity contribution is 5.91. The maximum absolute atomic E-state index is 12.8. The van der Waals surface area contributed by atoms with Crippen molar-refractivity contribution in [3.8, 4) is 17.2 Å². The fourth-order valence-electron chi connectivity index (χ4n) is 3.92. The Morgan fingerprint density at radius 1 is 0.689 bits per heavy atom. The summed E-state index contributed by atoms with van der Waals surface area (Å²) >= 11 is 0. The number of ether oxygens (including phenoxy) is 5. The molecule has 0 aliphatic carbocycles. The van der Waals surface area contributed by atoms with E-state index in [9.17, 15) is 14.4 Å². The second-order valence-electron chi connectivity index (χ2n) is 10.00. The Bertz CT molecular complexity index is 1480. The average Bonchev–Trinajstić information content (AvgIpc) is 3.05. The van der Waals surface area contributed by atoms with Crippen molar-refractivity contribution in [2.75, 3.05) is 26.4 Å². The van der Waals surface area contributed by atoms with Crippen LogP contribution in [0.1, 0.15) is 52.7 Å². The third kappa shape index (κ3) is 12.1. The molecule has 0 bridgehead atoms. The van der Waals surface area contributed by atoms with Gasteiger partial charge in [0, 0.05) is 18.4 Å². The molecule has 3 rings (SSSR count). The molecule has 0 unspecified atom stereocenters. The van der Waals surface area contributed by atoms with Crippen molar-refractivity contribution in [2.45, 2.75) is 39.5 Å². The van der Waals surface area contributed by atoms with E-state index in [0.717, 1.165) is 46.7 Å². The van der Waals surface area contributed by atoms with Gasteiger partial charge in [0.15, 0.2) is 0 Å². The van der Waals surface area contributed by atoms with E-state index >= 15 is 0 Å². The first-order valence-electron chi connectivity index (χ1n) is 14.7. The van der Waals surface area contributed by atoms with Gasteiger partial charge in [0.1, 0.15) is 17.2 Å².